The van der Waals surface area contributed by atoms with E-state index in [9.17, 15) is 0 Å². The molecule has 0 spiro atoms. The van der Waals surface area contributed by atoms with Crippen molar-refractivity contribution in [2.45, 2.75) is 26.5 Å². The Morgan fingerprint density at radius 3 is 3.00 bits per heavy atom. The number of nitrogens with zero attached hydrogens (tertiary/aromatic N) is 1. The van der Waals surface area contributed by atoms with Gasteiger partial charge < -0.3 is 14.3 Å². The maximum absolute atomic E-state index is 5.39. The molecule has 0 saturated heterocycles. The maximum atomic E-state index is 5.39. The zero-order valence-electron chi connectivity index (χ0n) is 7.41. The van der Waals surface area contributed by atoms with Crippen molar-refractivity contribution in [3.05, 3.63) is 17.2 Å². The smallest absolute Gasteiger partial charge is 0.177 e. The predicted octanol–water partition coefficient (Wildman–Crippen LogP) is 1.97. The van der Waals surface area contributed by atoms with Crippen LogP contribution in [0.4, 0.5) is 0 Å². The van der Waals surface area contributed by atoms with Gasteiger partial charge in [-0.25, -0.2) is 0 Å². The van der Waals surface area contributed by atoms with Crippen LogP contribution in [0.2, 0.25) is 0 Å². The highest BCUT2D eigenvalue weighted by Crippen LogP contribution is 1.97. The van der Waals surface area contributed by atoms with Gasteiger partial charge in [0.1, 0.15) is 0 Å². The minimum Gasteiger partial charge on any atom is -0.377 e. The van der Waals surface area contributed by atoms with Crippen molar-refractivity contribution in [1.82, 2.24) is 9.55 Å². The van der Waals surface area contributed by atoms with Gasteiger partial charge in [0.2, 0.25) is 0 Å². The molecule has 0 aliphatic rings. The van der Waals surface area contributed by atoms with Crippen LogP contribution in [0.5, 0.6) is 0 Å². The highest BCUT2D eigenvalue weighted by molar-refractivity contribution is 7.71. The number of ether oxygens (including phenoxy) is 1. The Morgan fingerprint density at radius 1 is 1.75 bits per heavy atom. The Hall–Kier alpha value is -0.610. The average molecular weight is 186 g/mol. The largest absolute Gasteiger partial charge is 0.377 e. The van der Waals surface area contributed by atoms with Crippen LogP contribution in [0.1, 0.15) is 13.8 Å². The third kappa shape index (κ3) is 2.46. The quantitative estimate of drug-likeness (QED) is 0.729. The average Bonchev–Trinajstić information content (AvgIpc) is 2.37. The van der Waals surface area contributed by atoms with Crippen molar-refractivity contribution in [3.8, 4) is 0 Å². The fraction of sp³-hybridized carbons (Fsp3) is 0.625. The molecule has 0 bridgehead atoms. The summed E-state index contributed by atoms with van der Waals surface area (Å²) in [6.45, 7) is 5.60. The Labute approximate surface area is 77.4 Å². The first-order valence-electron chi connectivity index (χ1n) is 4.09. The highest BCUT2D eigenvalue weighted by atomic mass is 32.1. The minimum absolute atomic E-state index is 0.220. The van der Waals surface area contributed by atoms with E-state index in [0.717, 1.165) is 17.9 Å². The molecule has 0 amide bonds. The van der Waals surface area contributed by atoms with Gasteiger partial charge in [0.15, 0.2) is 4.77 Å². The summed E-state index contributed by atoms with van der Waals surface area (Å²) in [5.74, 6) is 0. The maximum Gasteiger partial charge on any atom is 0.177 e. The number of H-pyrrole nitrogens is 1. The van der Waals surface area contributed by atoms with Crippen LogP contribution in [0.25, 0.3) is 0 Å². The Kier molecular flexibility index (Phi) is 3.49. The van der Waals surface area contributed by atoms with E-state index in [1.54, 1.807) is 0 Å². The summed E-state index contributed by atoms with van der Waals surface area (Å²) >= 11 is 5.04. The molecule has 0 aliphatic heterocycles. The zero-order chi connectivity index (χ0) is 8.97. The number of imidazole rings is 1. The molecule has 1 aromatic heterocycles. The molecule has 1 heterocycles. The summed E-state index contributed by atoms with van der Waals surface area (Å²) in [7, 11) is 0. The zero-order valence-corrected chi connectivity index (χ0v) is 8.23. The molecule has 1 N–H and O–H groups in total. The molecule has 0 aliphatic carbocycles. The third-order valence-corrected chi connectivity index (χ3v) is 1.98. The molecule has 68 valence electrons. The van der Waals surface area contributed by atoms with Crippen molar-refractivity contribution in [1.29, 1.82) is 0 Å². The van der Waals surface area contributed by atoms with Gasteiger partial charge >= 0.3 is 0 Å². The first-order chi connectivity index (χ1) is 5.74. The SMILES string of the molecule is CCOC(C)Cn1cc[nH]c1=S. The van der Waals surface area contributed by atoms with Crippen molar-refractivity contribution in [3.63, 3.8) is 0 Å². The fourth-order valence-electron chi connectivity index (χ4n) is 1.11. The molecule has 0 saturated carbocycles. The molecule has 1 aromatic rings. The summed E-state index contributed by atoms with van der Waals surface area (Å²) in [4.78, 5) is 2.94. The van der Waals surface area contributed by atoms with E-state index in [2.05, 4.69) is 4.98 Å². The number of aromatic amines is 1. The van der Waals surface area contributed by atoms with Gasteiger partial charge in [-0.1, -0.05) is 0 Å². The number of nitrogens with one attached hydrogen (secondary N) is 1. The van der Waals surface area contributed by atoms with E-state index < -0.39 is 0 Å². The van der Waals surface area contributed by atoms with Gasteiger partial charge in [-0.05, 0) is 26.1 Å². The predicted molar refractivity (Wildman–Crippen MR) is 50.7 cm³/mol. The van der Waals surface area contributed by atoms with Crippen LogP contribution in [0.15, 0.2) is 12.4 Å². The van der Waals surface area contributed by atoms with Crippen molar-refractivity contribution < 1.29 is 4.74 Å². The molecule has 3 nitrogen and oxygen atoms in total. The molecule has 0 fully saturated rings. The number of hydrogen-bond acceptors (Lipinski definition) is 2. The standard InChI is InChI=1S/C8H14N2OS/c1-3-11-7(2)6-10-5-4-9-8(10)12/h4-5,7H,3,6H2,1-2H3,(H,9,12). The minimum atomic E-state index is 0.220. The van der Waals surface area contributed by atoms with Gasteiger partial charge in [0.05, 0.1) is 12.6 Å². The normalized spacial score (nSPS) is 13.2. The number of hydrogen-bond donors (Lipinski definition) is 1. The lowest BCUT2D eigenvalue weighted by Gasteiger charge is -2.11. The van der Waals surface area contributed by atoms with Gasteiger partial charge in [-0.2, -0.15) is 0 Å². The van der Waals surface area contributed by atoms with Crippen LogP contribution in [0.3, 0.4) is 0 Å². The fourth-order valence-corrected chi connectivity index (χ4v) is 1.31. The Morgan fingerprint density at radius 2 is 2.50 bits per heavy atom. The van der Waals surface area contributed by atoms with Gasteiger partial charge in [-0.15, -0.1) is 0 Å². The van der Waals surface area contributed by atoms with E-state index in [4.69, 9.17) is 17.0 Å². The van der Waals surface area contributed by atoms with Crippen LogP contribution >= 0.6 is 12.2 Å². The molecular formula is C8H14N2OS. The lowest BCUT2D eigenvalue weighted by Crippen LogP contribution is -2.15. The monoisotopic (exact) mass is 186 g/mol. The second-order valence-corrected chi connectivity index (χ2v) is 3.07. The molecule has 1 unspecified atom stereocenters. The molecule has 0 aromatic carbocycles. The topological polar surface area (TPSA) is 29.9 Å². The summed E-state index contributed by atoms with van der Waals surface area (Å²) in [5.41, 5.74) is 0. The molecule has 0 radical (unpaired) electrons. The van der Waals surface area contributed by atoms with Gasteiger partial charge in [-0.3, -0.25) is 0 Å². The first-order valence-corrected chi connectivity index (χ1v) is 4.50. The number of rotatable bonds is 4. The summed E-state index contributed by atoms with van der Waals surface area (Å²) in [5, 5.41) is 0. The van der Waals surface area contributed by atoms with Gasteiger partial charge in [0.25, 0.3) is 0 Å². The van der Waals surface area contributed by atoms with E-state index in [0.29, 0.717) is 0 Å². The van der Waals surface area contributed by atoms with E-state index >= 15 is 0 Å². The highest BCUT2D eigenvalue weighted by Gasteiger charge is 2.01. The van der Waals surface area contributed by atoms with Crippen LogP contribution in [-0.4, -0.2) is 22.3 Å². The lowest BCUT2D eigenvalue weighted by molar-refractivity contribution is 0.0637. The van der Waals surface area contributed by atoms with Crippen LogP contribution in [-0.2, 0) is 11.3 Å². The molecule has 12 heavy (non-hydrogen) atoms. The Bertz CT molecular complexity index is 279. The van der Waals surface area contributed by atoms with E-state index in [1.807, 2.05) is 30.8 Å². The summed E-state index contributed by atoms with van der Waals surface area (Å²) in [6, 6.07) is 0. The molecular weight excluding hydrogens is 172 g/mol. The van der Waals surface area contributed by atoms with Crippen molar-refractivity contribution >= 4 is 12.2 Å². The van der Waals surface area contributed by atoms with E-state index in [-0.39, 0.29) is 6.10 Å². The molecule has 1 rings (SSSR count). The second kappa shape index (κ2) is 4.42. The van der Waals surface area contributed by atoms with Crippen LogP contribution < -0.4 is 0 Å². The second-order valence-electron chi connectivity index (χ2n) is 2.68. The summed E-state index contributed by atoms with van der Waals surface area (Å²) < 4.78 is 8.11. The lowest BCUT2D eigenvalue weighted by atomic mass is 10.4. The first kappa shape index (κ1) is 9.48. The van der Waals surface area contributed by atoms with E-state index in [1.165, 1.54) is 0 Å². The third-order valence-electron chi connectivity index (χ3n) is 1.63. The van der Waals surface area contributed by atoms with Crippen molar-refractivity contribution in [2.24, 2.45) is 0 Å². The summed E-state index contributed by atoms with van der Waals surface area (Å²) in [6.07, 6.45) is 3.98. The van der Waals surface area contributed by atoms with Crippen LogP contribution in [0, 0.1) is 4.77 Å². The van der Waals surface area contributed by atoms with Gasteiger partial charge in [0, 0.05) is 19.0 Å². The Balaban J connectivity index is 2.52. The molecule has 1 atom stereocenters. The van der Waals surface area contributed by atoms with Crippen molar-refractivity contribution in [2.75, 3.05) is 6.61 Å². The molecule has 4 heteroatoms. The number of aromatic nitrogens is 2.